The van der Waals surface area contributed by atoms with Crippen molar-refractivity contribution in [3.8, 4) is 34.1 Å². The van der Waals surface area contributed by atoms with Crippen LogP contribution in [0.1, 0.15) is 5.69 Å². The van der Waals surface area contributed by atoms with E-state index in [1.54, 1.807) is 18.5 Å². The molecule has 0 fully saturated rings. The van der Waals surface area contributed by atoms with Crippen molar-refractivity contribution < 1.29 is 4.74 Å². The van der Waals surface area contributed by atoms with Crippen molar-refractivity contribution in [2.24, 2.45) is 0 Å². The van der Waals surface area contributed by atoms with Gasteiger partial charge in [-0.1, -0.05) is 30.3 Å². The van der Waals surface area contributed by atoms with Gasteiger partial charge in [0, 0.05) is 40.1 Å². The zero-order valence-electron chi connectivity index (χ0n) is 20.5. The summed E-state index contributed by atoms with van der Waals surface area (Å²) in [5, 5.41) is 14.3. The minimum Gasteiger partial charge on any atom is -0.438 e. The van der Waals surface area contributed by atoms with Gasteiger partial charge in [-0.05, 0) is 73.2 Å². The highest BCUT2D eigenvalue weighted by atomic mass is 16.5. The maximum atomic E-state index is 6.12. The molecule has 0 spiro atoms. The van der Waals surface area contributed by atoms with Gasteiger partial charge in [-0.25, -0.2) is 9.97 Å². The van der Waals surface area contributed by atoms with E-state index in [4.69, 9.17) is 10.5 Å². The Labute approximate surface area is 219 Å². The maximum Gasteiger partial charge on any atom is 0.227 e. The first-order valence-electron chi connectivity index (χ1n) is 12.1. The lowest BCUT2D eigenvalue weighted by Gasteiger charge is -2.13. The van der Waals surface area contributed by atoms with E-state index in [9.17, 15) is 0 Å². The number of hydrogen-bond donors (Lipinski definition) is 2. The highest BCUT2D eigenvalue weighted by Gasteiger charge is 2.13. The molecule has 6 aromatic rings. The van der Waals surface area contributed by atoms with Gasteiger partial charge in [0.05, 0.1) is 5.69 Å². The number of rotatable bonds is 6. The molecule has 0 saturated carbocycles. The molecule has 8 nitrogen and oxygen atoms in total. The highest BCUT2D eigenvalue weighted by Crippen LogP contribution is 2.33. The summed E-state index contributed by atoms with van der Waals surface area (Å²) in [5.74, 6) is 2.23. The molecule has 0 atom stereocenters. The molecular formula is C30H23N7O. The summed E-state index contributed by atoms with van der Waals surface area (Å²) >= 11 is 0. The first-order valence-corrected chi connectivity index (χ1v) is 12.1. The average molecular weight is 498 g/mol. The largest absolute Gasteiger partial charge is 0.438 e. The van der Waals surface area contributed by atoms with Crippen molar-refractivity contribution in [2.45, 2.75) is 6.92 Å². The Morgan fingerprint density at radius 3 is 2.42 bits per heavy atom. The zero-order valence-corrected chi connectivity index (χ0v) is 20.5. The van der Waals surface area contributed by atoms with E-state index in [-0.39, 0.29) is 0 Å². The Balaban J connectivity index is 1.26. The van der Waals surface area contributed by atoms with Crippen LogP contribution in [-0.4, -0.2) is 25.1 Å². The SMILES string of the molecule is Cc1cccc(-c2nnc(Nc3ccc(Oc4ncccc4-c4ccnc(N)c4)cc3)c3ccccc23)n1. The molecule has 0 amide bonds. The summed E-state index contributed by atoms with van der Waals surface area (Å²) in [7, 11) is 0. The second kappa shape index (κ2) is 9.94. The maximum absolute atomic E-state index is 6.12. The Bertz CT molecular complexity index is 1750. The fourth-order valence-electron chi connectivity index (χ4n) is 4.22. The summed E-state index contributed by atoms with van der Waals surface area (Å²) < 4.78 is 6.12. The van der Waals surface area contributed by atoms with Crippen LogP contribution in [0.15, 0.2) is 103 Å². The van der Waals surface area contributed by atoms with E-state index in [0.29, 0.717) is 23.3 Å². The number of hydrogen-bond acceptors (Lipinski definition) is 8. The molecule has 0 aliphatic carbocycles. The van der Waals surface area contributed by atoms with E-state index in [1.807, 2.05) is 91.9 Å². The number of nitrogens with two attached hydrogens (primary N) is 1. The van der Waals surface area contributed by atoms with Crippen molar-refractivity contribution in [1.29, 1.82) is 0 Å². The number of fused-ring (bicyclic) bond motifs is 1. The van der Waals surface area contributed by atoms with E-state index >= 15 is 0 Å². The first-order chi connectivity index (χ1) is 18.6. The molecule has 2 aromatic carbocycles. The Morgan fingerprint density at radius 2 is 1.61 bits per heavy atom. The third-order valence-electron chi connectivity index (χ3n) is 6.01. The lowest BCUT2D eigenvalue weighted by molar-refractivity contribution is 0.465. The second-order valence-corrected chi connectivity index (χ2v) is 8.68. The van der Waals surface area contributed by atoms with E-state index in [0.717, 1.165) is 44.7 Å². The van der Waals surface area contributed by atoms with Crippen molar-refractivity contribution in [2.75, 3.05) is 11.1 Å². The van der Waals surface area contributed by atoms with Gasteiger partial charge in [0.15, 0.2) is 5.82 Å². The Morgan fingerprint density at radius 1 is 0.763 bits per heavy atom. The van der Waals surface area contributed by atoms with Crippen LogP contribution in [0.3, 0.4) is 0 Å². The standard InChI is InChI=1S/C30H23N7O/c1-19-6-4-10-26(34-19)28-24-7-2-3-8-25(24)29(37-36-28)35-21-11-13-22(14-12-21)38-30-23(9-5-16-33-30)20-15-17-32-27(31)18-20/h2-18H,1H3,(H2,31,32)(H,35,37). The topological polar surface area (TPSA) is 112 Å². The van der Waals surface area contributed by atoms with Crippen LogP contribution in [-0.2, 0) is 0 Å². The fraction of sp³-hybridized carbons (Fsp3) is 0.0333. The first kappa shape index (κ1) is 23.1. The number of nitrogen functional groups attached to an aromatic ring is 1. The molecule has 0 saturated heterocycles. The minimum absolute atomic E-state index is 0.437. The van der Waals surface area contributed by atoms with Gasteiger partial charge >= 0.3 is 0 Å². The van der Waals surface area contributed by atoms with Crippen molar-refractivity contribution in [3.05, 3.63) is 109 Å². The fourth-order valence-corrected chi connectivity index (χ4v) is 4.22. The van der Waals surface area contributed by atoms with Crippen molar-refractivity contribution in [1.82, 2.24) is 25.1 Å². The number of ether oxygens (including phenoxy) is 1. The Hall–Kier alpha value is -5.37. The molecule has 4 aromatic heterocycles. The number of nitrogens with one attached hydrogen (secondary N) is 1. The third-order valence-corrected chi connectivity index (χ3v) is 6.01. The van der Waals surface area contributed by atoms with Crippen LogP contribution in [0, 0.1) is 6.92 Å². The molecule has 0 unspecified atom stereocenters. The van der Waals surface area contributed by atoms with Crippen LogP contribution in [0.25, 0.3) is 33.3 Å². The lowest BCUT2D eigenvalue weighted by atomic mass is 10.1. The molecule has 0 radical (unpaired) electrons. The summed E-state index contributed by atoms with van der Waals surface area (Å²) in [4.78, 5) is 13.1. The van der Waals surface area contributed by atoms with Crippen LogP contribution < -0.4 is 15.8 Å². The van der Waals surface area contributed by atoms with Crippen LogP contribution in [0.4, 0.5) is 17.3 Å². The third kappa shape index (κ3) is 4.70. The molecular weight excluding hydrogens is 474 g/mol. The van der Waals surface area contributed by atoms with Gasteiger partial charge in [-0.3, -0.25) is 4.98 Å². The van der Waals surface area contributed by atoms with Crippen molar-refractivity contribution >= 4 is 28.1 Å². The number of aromatic nitrogens is 5. The summed E-state index contributed by atoms with van der Waals surface area (Å²) in [5.41, 5.74) is 10.9. The normalized spacial score (nSPS) is 10.9. The number of pyridine rings is 3. The molecule has 184 valence electrons. The molecule has 4 heterocycles. The van der Waals surface area contributed by atoms with Crippen LogP contribution >= 0.6 is 0 Å². The predicted molar refractivity (Wildman–Crippen MR) is 149 cm³/mol. The molecule has 38 heavy (non-hydrogen) atoms. The smallest absolute Gasteiger partial charge is 0.227 e. The molecule has 0 aliphatic rings. The van der Waals surface area contributed by atoms with Gasteiger partial charge < -0.3 is 15.8 Å². The van der Waals surface area contributed by atoms with Crippen LogP contribution in [0.5, 0.6) is 11.6 Å². The van der Waals surface area contributed by atoms with E-state index in [1.165, 1.54) is 0 Å². The van der Waals surface area contributed by atoms with Gasteiger partial charge in [0.1, 0.15) is 17.3 Å². The number of benzene rings is 2. The monoisotopic (exact) mass is 497 g/mol. The lowest BCUT2D eigenvalue weighted by Crippen LogP contribution is -2.00. The van der Waals surface area contributed by atoms with Gasteiger partial charge in [-0.15, -0.1) is 10.2 Å². The molecule has 6 rings (SSSR count). The highest BCUT2D eigenvalue weighted by molar-refractivity contribution is 6.00. The second-order valence-electron chi connectivity index (χ2n) is 8.68. The number of anilines is 3. The summed E-state index contributed by atoms with van der Waals surface area (Å²) in [6, 6.07) is 29.0. The number of nitrogens with zero attached hydrogens (tertiary/aromatic N) is 5. The Kier molecular flexibility index (Phi) is 6.03. The van der Waals surface area contributed by atoms with Gasteiger partial charge in [-0.2, -0.15) is 0 Å². The molecule has 0 aliphatic heterocycles. The van der Waals surface area contributed by atoms with Crippen LogP contribution in [0.2, 0.25) is 0 Å². The minimum atomic E-state index is 0.437. The summed E-state index contributed by atoms with van der Waals surface area (Å²) in [6.45, 7) is 1.96. The predicted octanol–water partition coefficient (Wildman–Crippen LogP) is 6.58. The molecule has 3 N–H and O–H groups in total. The summed E-state index contributed by atoms with van der Waals surface area (Å²) in [6.07, 6.45) is 3.36. The van der Waals surface area contributed by atoms with Crippen molar-refractivity contribution in [3.63, 3.8) is 0 Å². The quantitative estimate of drug-likeness (QED) is 0.266. The molecule has 0 bridgehead atoms. The van der Waals surface area contributed by atoms with Gasteiger partial charge in [0.25, 0.3) is 0 Å². The zero-order chi connectivity index (χ0) is 25.9. The molecule has 8 heteroatoms. The number of aryl methyl sites for hydroxylation is 1. The average Bonchev–Trinajstić information content (AvgIpc) is 2.94. The van der Waals surface area contributed by atoms with E-state index < -0.39 is 0 Å². The van der Waals surface area contributed by atoms with Gasteiger partial charge in [0.2, 0.25) is 5.88 Å². The van der Waals surface area contributed by atoms with E-state index in [2.05, 4.69) is 30.5 Å².